The van der Waals surface area contributed by atoms with Crippen molar-refractivity contribution in [1.29, 1.82) is 0 Å². The van der Waals surface area contributed by atoms with Crippen molar-refractivity contribution in [1.82, 2.24) is 15.1 Å². The first-order valence-electron chi connectivity index (χ1n) is 8.57. The molecule has 0 radical (unpaired) electrons. The second-order valence-corrected chi connectivity index (χ2v) is 5.99. The van der Waals surface area contributed by atoms with Gasteiger partial charge in [-0.1, -0.05) is 0 Å². The molecule has 0 aliphatic carbocycles. The molecule has 0 spiro atoms. The maximum atomic E-state index is 12.2. The number of nitrogens with zero attached hydrogens (tertiary/aromatic N) is 2. The molecule has 3 amide bonds. The molecule has 3 rings (SSSR count). The van der Waals surface area contributed by atoms with Crippen molar-refractivity contribution in [2.24, 2.45) is 0 Å². The van der Waals surface area contributed by atoms with E-state index in [0.717, 1.165) is 0 Å². The van der Waals surface area contributed by atoms with Crippen LogP contribution in [0.1, 0.15) is 34.0 Å². The van der Waals surface area contributed by atoms with Gasteiger partial charge in [-0.2, -0.15) is 0 Å². The lowest BCUT2D eigenvalue weighted by atomic mass is 10.2. The number of rotatable bonds is 6. The maximum absolute atomic E-state index is 12.2. The summed E-state index contributed by atoms with van der Waals surface area (Å²) in [5.41, 5.74) is 0. The summed E-state index contributed by atoms with van der Waals surface area (Å²) in [5.74, 6) is 0.170. The van der Waals surface area contributed by atoms with Crippen molar-refractivity contribution in [2.75, 3.05) is 32.7 Å². The molecule has 8 heteroatoms. The van der Waals surface area contributed by atoms with Crippen LogP contribution in [-0.4, -0.2) is 60.2 Å². The fraction of sp³-hybridized carbons (Fsp3) is 0.389. The molecule has 138 valence electrons. The van der Waals surface area contributed by atoms with E-state index in [0.29, 0.717) is 51.3 Å². The zero-order valence-corrected chi connectivity index (χ0v) is 14.3. The van der Waals surface area contributed by atoms with Gasteiger partial charge in [0.2, 0.25) is 5.91 Å². The number of nitrogens with one attached hydrogen (secondary N) is 1. The largest absolute Gasteiger partial charge is 0.459 e. The van der Waals surface area contributed by atoms with Gasteiger partial charge < -0.3 is 24.0 Å². The Morgan fingerprint density at radius 1 is 0.923 bits per heavy atom. The lowest BCUT2D eigenvalue weighted by Gasteiger charge is -2.34. The fourth-order valence-electron chi connectivity index (χ4n) is 2.81. The van der Waals surface area contributed by atoms with E-state index in [-0.39, 0.29) is 23.5 Å². The summed E-state index contributed by atoms with van der Waals surface area (Å²) in [5, 5.41) is 2.71. The van der Waals surface area contributed by atoms with Crippen LogP contribution in [0.15, 0.2) is 45.6 Å². The second kappa shape index (κ2) is 8.37. The van der Waals surface area contributed by atoms with Crippen LogP contribution in [0, 0.1) is 0 Å². The smallest absolute Gasteiger partial charge is 0.289 e. The molecular formula is C18H21N3O5. The predicted molar refractivity (Wildman–Crippen MR) is 91.5 cm³/mol. The number of carbonyl (C=O) groups excluding carboxylic acids is 3. The highest BCUT2D eigenvalue weighted by atomic mass is 16.3. The minimum Gasteiger partial charge on any atom is -0.459 e. The first-order chi connectivity index (χ1) is 12.6. The summed E-state index contributed by atoms with van der Waals surface area (Å²) in [6.45, 7) is 2.39. The molecule has 0 saturated carbocycles. The van der Waals surface area contributed by atoms with Gasteiger partial charge in [0, 0.05) is 39.1 Å². The van der Waals surface area contributed by atoms with Crippen LogP contribution in [-0.2, 0) is 4.79 Å². The van der Waals surface area contributed by atoms with E-state index in [1.54, 1.807) is 34.1 Å². The van der Waals surface area contributed by atoms with E-state index in [9.17, 15) is 14.4 Å². The lowest BCUT2D eigenvalue weighted by molar-refractivity contribution is -0.132. The molecular weight excluding hydrogens is 338 g/mol. The quantitative estimate of drug-likeness (QED) is 0.786. The van der Waals surface area contributed by atoms with Gasteiger partial charge in [0.15, 0.2) is 11.5 Å². The topological polar surface area (TPSA) is 96.0 Å². The fourth-order valence-corrected chi connectivity index (χ4v) is 2.81. The van der Waals surface area contributed by atoms with Gasteiger partial charge in [0.1, 0.15) is 0 Å². The van der Waals surface area contributed by atoms with Crippen molar-refractivity contribution in [3.8, 4) is 0 Å². The van der Waals surface area contributed by atoms with E-state index < -0.39 is 0 Å². The Balaban J connectivity index is 1.35. The van der Waals surface area contributed by atoms with Crippen LogP contribution in [0.5, 0.6) is 0 Å². The molecule has 1 saturated heterocycles. The molecule has 0 bridgehead atoms. The van der Waals surface area contributed by atoms with Crippen LogP contribution in [0.4, 0.5) is 0 Å². The Labute approximate surface area is 150 Å². The number of carbonyl (C=O) groups is 3. The third-order valence-corrected chi connectivity index (χ3v) is 4.25. The number of furan rings is 2. The molecule has 2 aromatic rings. The highest BCUT2D eigenvalue weighted by molar-refractivity contribution is 5.92. The zero-order chi connectivity index (χ0) is 18.4. The van der Waals surface area contributed by atoms with E-state index in [4.69, 9.17) is 8.83 Å². The molecule has 0 unspecified atom stereocenters. The summed E-state index contributed by atoms with van der Waals surface area (Å²) in [6, 6.07) is 6.55. The third-order valence-electron chi connectivity index (χ3n) is 4.25. The Morgan fingerprint density at radius 2 is 1.54 bits per heavy atom. The Hall–Kier alpha value is -3.03. The molecule has 8 nitrogen and oxygen atoms in total. The van der Waals surface area contributed by atoms with Gasteiger partial charge in [-0.15, -0.1) is 0 Å². The monoisotopic (exact) mass is 359 g/mol. The van der Waals surface area contributed by atoms with Gasteiger partial charge in [-0.3, -0.25) is 14.4 Å². The highest BCUT2D eigenvalue weighted by Gasteiger charge is 2.25. The van der Waals surface area contributed by atoms with Gasteiger partial charge in [-0.25, -0.2) is 0 Å². The van der Waals surface area contributed by atoms with Crippen LogP contribution >= 0.6 is 0 Å². The van der Waals surface area contributed by atoms with Crippen molar-refractivity contribution in [3.63, 3.8) is 0 Å². The first-order valence-corrected chi connectivity index (χ1v) is 8.57. The molecule has 1 N–H and O–H groups in total. The van der Waals surface area contributed by atoms with E-state index >= 15 is 0 Å². The highest BCUT2D eigenvalue weighted by Crippen LogP contribution is 2.10. The van der Waals surface area contributed by atoms with E-state index in [1.165, 1.54) is 12.5 Å². The minimum absolute atomic E-state index is 0.0299. The molecule has 26 heavy (non-hydrogen) atoms. The molecule has 0 aromatic carbocycles. The molecule has 1 aliphatic heterocycles. The Kier molecular flexibility index (Phi) is 5.73. The summed E-state index contributed by atoms with van der Waals surface area (Å²) < 4.78 is 10.1. The summed E-state index contributed by atoms with van der Waals surface area (Å²) in [4.78, 5) is 39.6. The first kappa shape index (κ1) is 17.8. The Bertz CT molecular complexity index is 731. The molecule has 3 heterocycles. The molecule has 0 atom stereocenters. The van der Waals surface area contributed by atoms with Crippen molar-refractivity contribution in [3.05, 3.63) is 48.3 Å². The van der Waals surface area contributed by atoms with Gasteiger partial charge in [0.05, 0.1) is 12.5 Å². The number of amides is 3. The number of piperazine rings is 1. The minimum atomic E-state index is -0.285. The average Bonchev–Trinajstić information content (AvgIpc) is 3.38. The SMILES string of the molecule is O=C(NCCCC(=O)N1CCN(C(=O)c2ccco2)CC1)c1ccco1. The van der Waals surface area contributed by atoms with E-state index in [1.807, 2.05) is 0 Å². The standard InChI is InChI=1S/C18H21N3O5/c22-16(6-1-7-19-17(23)14-4-2-12-25-14)20-8-10-21(11-9-20)18(24)15-5-3-13-26-15/h2-5,12-13H,1,6-11H2,(H,19,23). The van der Waals surface area contributed by atoms with Gasteiger partial charge >= 0.3 is 0 Å². The van der Waals surface area contributed by atoms with Crippen LogP contribution < -0.4 is 5.32 Å². The van der Waals surface area contributed by atoms with Crippen molar-refractivity contribution in [2.45, 2.75) is 12.8 Å². The van der Waals surface area contributed by atoms with Crippen LogP contribution in [0.3, 0.4) is 0 Å². The van der Waals surface area contributed by atoms with Crippen molar-refractivity contribution >= 4 is 17.7 Å². The molecule has 1 aliphatic rings. The normalized spacial score (nSPS) is 14.3. The van der Waals surface area contributed by atoms with Gasteiger partial charge in [-0.05, 0) is 30.7 Å². The Morgan fingerprint density at radius 3 is 2.15 bits per heavy atom. The van der Waals surface area contributed by atoms with Gasteiger partial charge in [0.25, 0.3) is 11.8 Å². The van der Waals surface area contributed by atoms with Crippen LogP contribution in [0.25, 0.3) is 0 Å². The van der Waals surface area contributed by atoms with E-state index in [2.05, 4.69) is 5.32 Å². The maximum Gasteiger partial charge on any atom is 0.289 e. The predicted octanol–water partition coefficient (Wildman–Crippen LogP) is 1.37. The summed E-state index contributed by atoms with van der Waals surface area (Å²) in [6.07, 6.45) is 3.81. The van der Waals surface area contributed by atoms with Crippen molar-refractivity contribution < 1.29 is 23.2 Å². The number of hydrogen-bond donors (Lipinski definition) is 1. The second-order valence-electron chi connectivity index (χ2n) is 5.99. The molecule has 2 aromatic heterocycles. The molecule has 1 fully saturated rings. The summed E-state index contributed by atoms with van der Waals surface area (Å²) >= 11 is 0. The number of hydrogen-bond acceptors (Lipinski definition) is 5. The lowest BCUT2D eigenvalue weighted by Crippen LogP contribution is -2.50. The van der Waals surface area contributed by atoms with Crippen LogP contribution in [0.2, 0.25) is 0 Å². The zero-order valence-electron chi connectivity index (χ0n) is 14.3. The third kappa shape index (κ3) is 4.33. The summed E-state index contributed by atoms with van der Waals surface area (Å²) in [7, 11) is 0. The average molecular weight is 359 g/mol.